The maximum absolute atomic E-state index is 14.4. The van der Waals surface area contributed by atoms with Gasteiger partial charge in [0.25, 0.3) is 0 Å². The first kappa shape index (κ1) is 33.4. The maximum atomic E-state index is 14.4. The van der Waals surface area contributed by atoms with Gasteiger partial charge < -0.3 is 19.7 Å². The molecular formula is C32H37Cl2N3O6S. The largest absolute Gasteiger partial charge is 0.486 e. The first-order valence-electron chi connectivity index (χ1n) is 14.4. The van der Waals surface area contributed by atoms with E-state index in [9.17, 15) is 18.0 Å². The maximum Gasteiger partial charge on any atom is 0.244 e. The number of halogens is 2. The number of hydrogen-bond acceptors (Lipinski definition) is 6. The van der Waals surface area contributed by atoms with Crippen LogP contribution in [0.25, 0.3) is 0 Å². The van der Waals surface area contributed by atoms with Crippen LogP contribution in [-0.2, 0) is 32.6 Å². The van der Waals surface area contributed by atoms with E-state index in [1.807, 2.05) is 44.2 Å². The van der Waals surface area contributed by atoms with E-state index in [0.29, 0.717) is 46.9 Å². The van der Waals surface area contributed by atoms with Crippen LogP contribution in [0, 0.1) is 5.92 Å². The second-order valence-electron chi connectivity index (χ2n) is 10.8. The molecule has 1 atom stereocenters. The molecule has 0 aliphatic carbocycles. The van der Waals surface area contributed by atoms with Crippen LogP contribution < -0.4 is 19.1 Å². The van der Waals surface area contributed by atoms with E-state index in [1.165, 1.54) is 11.8 Å². The van der Waals surface area contributed by atoms with Crippen molar-refractivity contribution in [3.05, 3.63) is 87.9 Å². The first-order valence-corrected chi connectivity index (χ1v) is 16.8. The minimum atomic E-state index is -3.95. The van der Waals surface area contributed by atoms with E-state index in [1.54, 1.807) is 36.4 Å². The lowest BCUT2D eigenvalue weighted by Crippen LogP contribution is -2.54. The average Bonchev–Trinajstić information content (AvgIpc) is 3.01. The summed E-state index contributed by atoms with van der Waals surface area (Å²) in [5.74, 6) is -0.198. The van der Waals surface area contributed by atoms with Crippen LogP contribution in [0.2, 0.25) is 10.0 Å². The molecule has 1 aliphatic rings. The Bertz CT molecular complexity index is 1550. The zero-order valence-electron chi connectivity index (χ0n) is 25.0. The zero-order valence-corrected chi connectivity index (χ0v) is 27.3. The fourth-order valence-corrected chi connectivity index (χ4v) is 6.31. The highest BCUT2D eigenvalue weighted by molar-refractivity contribution is 7.92. The predicted molar refractivity (Wildman–Crippen MR) is 173 cm³/mol. The van der Waals surface area contributed by atoms with Crippen LogP contribution in [0.5, 0.6) is 11.5 Å². The molecule has 0 saturated carbocycles. The van der Waals surface area contributed by atoms with Crippen molar-refractivity contribution in [1.82, 2.24) is 10.2 Å². The van der Waals surface area contributed by atoms with Crippen molar-refractivity contribution in [2.45, 2.75) is 39.8 Å². The molecule has 236 valence electrons. The van der Waals surface area contributed by atoms with Gasteiger partial charge in [0.1, 0.15) is 25.8 Å². The summed E-state index contributed by atoms with van der Waals surface area (Å²) in [6.45, 7) is 5.85. The standard InChI is InChI=1S/C32H37Cl2N3O6S/c1-4-44(40,41)37(24-13-14-29-30(18-24)43-16-15-42-29)21-31(38)36(20-25-26(33)11-8-12-27(25)34)28(32(39)35-19-22(2)3)17-23-9-6-5-7-10-23/h5-14,18,22,28H,4,15-17,19-21H2,1-3H3,(H,35,39)/t28-/m1/s1. The van der Waals surface area contributed by atoms with Crippen molar-refractivity contribution in [3.63, 3.8) is 0 Å². The van der Waals surface area contributed by atoms with Gasteiger partial charge >= 0.3 is 0 Å². The fraction of sp³-hybridized carbons (Fsp3) is 0.375. The number of benzene rings is 3. The fourth-order valence-electron chi connectivity index (χ4n) is 4.74. The zero-order chi connectivity index (χ0) is 31.9. The van der Waals surface area contributed by atoms with Gasteiger partial charge in [0.15, 0.2) is 11.5 Å². The molecule has 0 radical (unpaired) electrons. The van der Waals surface area contributed by atoms with Crippen LogP contribution >= 0.6 is 23.2 Å². The minimum absolute atomic E-state index is 0.120. The number of nitrogens with one attached hydrogen (secondary N) is 1. The molecule has 0 fully saturated rings. The highest BCUT2D eigenvalue weighted by Crippen LogP contribution is 2.35. The Morgan fingerprint density at radius 3 is 2.23 bits per heavy atom. The summed E-state index contributed by atoms with van der Waals surface area (Å²) in [4.78, 5) is 29.5. The van der Waals surface area contributed by atoms with Gasteiger partial charge in [-0.3, -0.25) is 13.9 Å². The van der Waals surface area contributed by atoms with Crippen molar-refractivity contribution in [2.24, 2.45) is 5.92 Å². The Morgan fingerprint density at radius 1 is 0.932 bits per heavy atom. The highest BCUT2D eigenvalue weighted by atomic mass is 35.5. The Kier molecular flexibility index (Phi) is 11.4. The number of hydrogen-bond donors (Lipinski definition) is 1. The van der Waals surface area contributed by atoms with E-state index in [4.69, 9.17) is 32.7 Å². The van der Waals surface area contributed by atoms with E-state index in [2.05, 4.69) is 5.32 Å². The molecule has 0 saturated heterocycles. The smallest absolute Gasteiger partial charge is 0.244 e. The van der Waals surface area contributed by atoms with Crippen LogP contribution in [0.3, 0.4) is 0 Å². The van der Waals surface area contributed by atoms with Gasteiger partial charge in [-0.15, -0.1) is 0 Å². The Morgan fingerprint density at radius 2 is 1.59 bits per heavy atom. The predicted octanol–water partition coefficient (Wildman–Crippen LogP) is 5.33. The van der Waals surface area contributed by atoms with Gasteiger partial charge in [0.2, 0.25) is 21.8 Å². The minimum Gasteiger partial charge on any atom is -0.486 e. The van der Waals surface area contributed by atoms with Gasteiger partial charge in [0, 0.05) is 41.2 Å². The Labute approximate surface area is 269 Å². The topological polar surface area (TPSA) is 105 Å². The number of carbonyl (C=O) groups excluding carboxylic acids is 2. The van der Waals surface area contributed by atoms with Crippen molar-refractivity contribution in [2.75, 3.05) is 36.4 Å². The molecule has 12 heteroatoms. The Balaban J connectivity index is 1.78. The van der Waals surface area contributed by atoms with Gasteiger partial charge in [-0.2, -0.15) is 0 Å². The van der Waals surface area contributed by atoms with Crippen molar-refractivity contribution in [3.8, 4) is 11.5 Å². The summed E-state index contributed by atoms with van der Waals surface area (Å²) in [6, 6.07) is 18.0. The molecule has 0 unspecified atom stereocenters. The number of rotatable bonds is 13. The molecule has 4 rings (SSSR count). The van der Waals surface area contributed by atoms with Gasteiger partial charge in [-0.1, -0.05) is 73.4 Å². The highest BCUT2D eigenvalue weighted by Gasteiger charge is 2.34. The molecule has 3 aromatic carbocycles. The van der Waals surface area contributed by atoms with E-state index >= 15 is 0 Å². The van der Waals surface area contributed by atoms with Crippen molar-refractivity contribution >= 4 is 50.7 Å². The third-order valence-electron chi connectivity index (χ3n) is 7.14. The molecule has 3 aromatic rings. The van der Waals surface area contributed by atoms with E-state index < -0.39 is 28.5 Å². The third-order valence-corrected chi connectivity index (χ3v) is 9.59. The second-order valence-corrected chi connectivity index (χ2v) is 13.8. The van der Waals surface area contributed by atoms with E-state index in [0.717, 1.165) is 9.87 Å². The number of fused-ring (bicyclic) bond motifs is 1. The summed E-state index contributed by atoms with van der Waals surface area (Å²) < 4.78 is 39.2. The summed E-state index contributed by atoms with van der Waals surface area (Å²) in [6.07, 6.45) is 0.184. The number of carbonyl (C=O) groups is 2. The van der Waals surface area contributed by atoms with Gasteiger partial charge in [-0.05, 0) is 42.7 Å². The molecule has 0 spiro atoms. The molecule has 0 aromatic heterocycles. The van der Waals surface area contributed by atoms with Crippen LogP contribution in [0.1, 0.15) is 31.9 Å². The van der Waals surface area contributed by atoms with E-state index in [-0.39, 0.29) is 36.2 Å². The molecule has 1 N–H and O–H groups in total. The van der Waals surface area contributed by atoms with Gasteiger partial charge in [-0.25, -0.2) is 8.42 Å². The lowest BCUT2D eigenvalue weighted by Gasteiger charge is -2.34. The summed E-state index contributed by atoms with van der Waals surface area (Å²) >= 11 is 13.1. The number of ether oxygens (including phenoxy) is 2. The van der Waals surface area contributed by atoms with Crippen LogP contribution in [-0.4, -0.2) is 63.2 Å². The number of sulfonamides is 1. The molecule has 1 aliphatic heterocycles. The summed E-state index contributed by atoms with van der Waals surface area (Å²) in [5.41, 5.74) is 1.51. The van der Waals surface area contributed by atoms with Crippen LogP contribution in [0.15, 0.2) is 66.7 Å². The van der Waals surface area contributed by atoms with Crippen molar-refractivity contribution in [1.29, 1.82) is 0 Å². The molecule has 0 bridgehead atoms. The molecule has 9 nitrogen and oxygen atoms in total. The number of anilines is 1. The average molecular weight is 663 g/mol. The Hall–Kier alpha value is -3.47. The summed E-state index contributed by atoms with van der Waals surface area (Å²) in [7, 11) is -3.95. The monoisotopic (exact) mass is 661 g/mol. The molecule has 2 amide bonds. The normalized spacial score (nSPS) is 13.3. The first-order chi connectivity index (χ1) is 21.0. The third kappa shape index (κ3) is 8.37. The van der Waals surface area contributed by atoms with Crippen molar-refractivity contribution < 1.29 is 27.5 Å². The molecule has 1 heterocycles. The lowest BCUT2D eigenvalue weighted by molar-refractivity contribution is -0.140. The second kappa shape index (κ2) is 15.0. The lowest BCUT2D eigenvalue weighted by atomic mass is 10.0. The number of nitrogens with zero attached hydrogens (tertiary/aromatic N) is 2. The van der Waals surface area contributed by atoms with Crippen LogP contribution in [0.4, 0.5) is 5.69 Å². The quantitative estimate of drug-likeness (QED) is 0.265. The SMILES string of the molecule is CCS(=O)(=O)N(CC(=O)N(Cc1c(Cl)cccc1Cl)[C@H](Cc1ccccc1)C(=O)NCC(C)C)c1ccc2c(c1)OCCO2. The molecular weight excluding hydrogens is 625 g/mol. The summed E-state index contributed by atoms with van der Waals surface area (Å²) in [5, 5.41) is 3.59. The molecule has 44 heavy (non-hydrogen) atoms. The number of amides is 2. The van der Waals surface area contributed by atoms with Gasteiger partial charge in [0.05, 0.1) is 11.4 Å².